The first-order valence-electron chi connectivity index (χ1n) is 12.3. The maximum Gasteiger partial charge on any atom is 0.294 e. The molecule has 1 aromatic heterocycles. The van der Waals surface area contributed by atoms with Crippen molar-refractivity contribution in [2.45, 2.75) is 19.5 Å². The van der Waals surface area contributed by atoms with Crippen molar-refractivity contribution in [1.29, 1.82) is 5.26 Å². The number of benzene rings is 3. The Morgan fingerprint density at radius 3 is 2.21 bits per heavy atom. The van der Waals surface area contributed by atoms with Crippen molar-refractivity contribution in [2.24, 2.45) is 0 Å². The van der Waals surface area contributed by atoms with Crippen molar-refractivity contribution in [3.8, 4) is 40.3 Å². The van der Waals surface area contributed by atoms with Gasteiger partial charge in [-0.2, -0.15) is 5.26 Å². The second-order valence-electron chi connectivity index (χ2n) is 8.88. The van der Waals surface area contributed by atoms with Crippen LogP contribution in [0, 0.1) is 11.3 Å². The van der Waals surface area contributed by atoms with Crippen molar-refractivity contribution in [3.05, 3.63) is 83.0 Å². The van der Waals surface area contributed by atoms with E-state index in [2.05, 4.69) is 56.2 Å². The number of ether oxygens (including phenoxy) is 4. The van der Waals surface area contributed by atoms with Crippen molar-refractivity contribution < 1.29 is 23.6 Å². The van der Waals surface area contributed by atoms with Crippen LogP contribution in [-0.4, -0.2) is 49.2 Å². The van der Waals surface area contributed by atoms with Gasteiger partial charge in [-0.3, -0.25) is 4.90 Å². The lowest BCUT2D eigenvalue weighted by atomic mass is 9.98. The van der Waals surface area contributed by atoms with E-state index in [0.29, 0.717) is 6.61 Å². The number of fused-ring (bicyclic) bond motifs is 1. The molecule has 194 valence electrons. The van der Waals surface area contributed by atoms with Crippen LogP contribution in [0.3, 0.4) is 0 Å². The van der Waals surface area contributed by atoms with Crippen LogP contribution >= 0.6 is 0 Å². The van der Waals surface area contributed by atoms with Crippen LogP contribution in [0.5, 0.6) is 23.1 Å². The van der Waals surface area contributed by atoms with Gasteiger partial charge in [0.15, 0.2) is 11.5 Å². The van der Waals surface area contributed by atoms with E-state index in [1.807, 2.05) is 30.3 Å². The smallest absolute Gasteiger partial charge is 0.294 e. The molecule has 1 aliphatic rings. The largest absolute Gasteiger partial charge is 0.493 e. The number of nitrogens with zero attached hydrogens (tertiary/aromatic N) is 4. The predicted octanol–water partition coefficient (Wildman–Crippen LogP) is 4.64. The van der Waals surface area contributed by atoms with Crippen LogP contribution in [0.2, 0.25) is 0 Å². The molecule has 38 heavy (non-hydrogen) atoms. The molecule has 0 N–H and O–H groups in total. The van der Waals surface area contributed by atoms with Gasteiger partial charge in [-0.1, -0.05) is 36.4 Å². The normalized spacial score (nSPS) is 12.9. The Balaban J connectivity index is 1.13. The fourth-order valence-electron chi connectivity index (χ4n) is 4.52. The highest BCUT2D eigenvalue weighted by Gasteiger charge is 2.19. The van der Waals surface area contributed by atoms with Gasteiger partial charge in [0.1, 0.15) is 25.0 Å². The molecule has 0 amide bonds. The summed E-state index contributed by atoms with van der Waals surface area (Å²) in [4.78, 5) is 2.46. The Bertz CT molecular complexity index is 1410. The van der Waals surface area contributed by atoms with Gasteiger partial charge in [0.25, 0.3) is 5.88 Å². The predicted molar refractivity (Wildman–Crippen MR) is 139 cm³/mol. The van der Waals surface area contributed by atoms with Gasteiger partial charge in [-0.25, -0.2) is 4.63 Å². The topological polar surface area (TPSA) is 103 Å². The number of rotatable bonds is 10. The van der Waals surface area contributed by atoms with E-state index >= 15 is 0 Å². The Kier molecular flexibility index (Phi) is 7.71. The van der Waals surface area contributed by atoms with E-state index in [9.17, 15) is 0 Å². The van der Waals surface area contributed by atoms with Crippen LogP contribution < -0.4 is 18.9 Å². The Morgan fingerprint density at radius 1 is 0.868 bits per heavy atom. The fourth-order valence-corrected chi connectivity index (χ4v) is 4.52. The second kappa shape index (κ2) is 11.7. The summed E-state index contributed by atoms with van der Waals surface area (Å²) in [6.45, 7) is 3.30. The van der Waals surface area contributed by atoms with Crippen molar-refractivity contribution in [1.82, 2.24) is 15.2 Å². The molecule has 9 nitrogen and oxygen atoms in total. The van der Waals surface area contributed by atoms with Gasteiger partial charge < -0.3 is 18.9 Å². The number of hydrogen-bond acceptors (Lipinski definition) is 9. The maximum absolute atomic E-state index is 8.88. The van der Waals surface area contributed by atoms with Crippen molar-refractivity contribution >= 4 is 0 Å². The Hall–Kier alpha value is -4.55. The van der Waals surface area contributed by atoms with Crippen LogP contribution in [0.4, 0.5) is 0 Å². The summed E-state index contributed by atoms with van der Waals surface area (Å²) in [5, 5.41) is 15.9. The molecule has 0 saturated carbocycles. The summed E-state index contributed by atoms with van der Waals surface area (Å²) in [6, 6.07) is 22.7. The minimum atomic E-state index is 0.0170. The molecule has 0 unspecified atom stereocenters. The Morgan fingerprint density at radius 2 is 1.53 bits per heavy atom. The summed E-state index contributed by atoms with van der Waals surface area (Å²) in [5.41, 5.74) is 6.17. The zero-order valence-electron chi connectivity index (χ0n) is 21.3. The molecule has 0 aliphatic carbocycles. The molecule has 2 heterocycles. The SMILES string of the molecule is COc1cc2c(cc1OC)CN(Cc1ccc(-c3ccc(OCCOc4nonc4C#N)cc3)cc1)CC2. The number of nitriles is 1. The summed E-state index contributed by atoms with van der Waals surface area (Å²) < 4.78 is 26.5. The quantitative estimate of drug-likeness (QED) is 0.281. The molecule has 5 rings (SSSR count). The molecule has 1 aliphatic heterocycles. The van der Waals surface area contributed by atoms with E-state index in [-0.39, 0.29) is 18.2 Å². The lowest BCUT2D eigenvalue weighted by Crippen LogP contribution is -2.30. The van der Waals surface area contributed by atoms with Crippen LogP contribution in [0.15, 0.2) is 65.3 Å². The number of hydrogen-bond donors (Lipinski definition) is 0. The molecule has 4 aromatic rings. The van der Waals surface area contributed by atoms with E-state index in [4.69, 9.17) is 24.2 Å². The number of methoxy groups -OCH3 is 2. The first kappa shape index (κ1) is 25.1. The fraction of sp³-hybridized carbons (Fsp3) is 0.276. The van der Waals surface area contributed by atoms with E-state index in [1.165, 1.54) is 16.7 Å². The standard InChI is InChI=1S/C29H28N4O5/c1-34-27-15-23-11-12-33(19-24(23)16-28(27)35-2)18-20-3-5-21(6-4-20)22-7-9-25(10-8-22)36-13-14-37-29-26(17-30)31-38-32-29/h3-10,15-16H,11-14,18-19H2,1-2H3. The molecule has 0 saturated heterocycles. The van der Waals surface area contributed by atoms with Crippen molar-refractivity contribution in [3.63, 3.8) is 0 Å². The lowest BCUT2D eigenvalue weighted by Gasteiger charge is -2.29. The van der Waals surface area contributed by atoms with Crippen LogP contribution in [-0.2, 0) is 19.5 Å². The first-order valence-corrected chi connectivity index (χ1v) is 12.3. The van der Waals surface area contributed by atoms with Crippen LogP contribution in [0.1, 0.15) is 22.4 Å². The molecule has 0 atom stereocenters. The van der Waals surface area contributed by atoms with Gasteiger partial charge in [-0.15, -0.1) is 0 Å². The molecular weight excluding hydrogens is 484 g/mol. The minimum absolute atomic E-state index is 0.0170. The molecule has 9 heteroatoms. The molecule has 0 spiro atoms. The van der Waals surface area contributed by atoms with Crippen LogP contribution in [0.25, 0.3) is 11.1 Å². The van der Waals surface area contributed by atoms with Gasteiger partial charge in [-0.05, 0) is 68.8 Å². The summed E-state index contributed by atoms with van der Waals surface area (Å²) in [7, 11) is 3.35. The minimum Gasteiger partial charge on any atom is -0.493 e. The van der Waals surface area contributed by atoms with Crippen molar-refractivity contribution in [2.75, 3.05) is 34.0 Å². The van der Waals surface area contributed by atoms with E-state index < -0.39 is 0 Å². The lowest BCUT2D eigenvalue weighted by molar-refractivity contribution is 0.200. The summed E-state index contributed by atoms with van der Waals surface area (Å²) in [6.07, 6.45) is 0.993. The van der Waals surface area contributed by atoms with E-state index in [0.717, 1.165) is 54.4 Å². The van der Waals surface area contributed by atoms with Gasteiger partial charge >= 0.3 is 0 Å². The highest BCUT2D eigenvalue weighted by molar-refractivity contribution is 5.64. The van der Waals surface area contributed by atoms with Gasteiger partial charge in [0.2, 0.25) is 5.69 Å². The average molecular weight is 513 g/mol. The first-order chi connectivity index (χ1) is 18.7. The highest BCUT2D eigenvalue weighted by Crippen LogP contribution is 2.33. The third kappa shape index (κ3) is 5.71. The van der Waals surface area contributed by atoms with Gasteiger partial charge in [0, 0.05) is 19.6 Å². The third-order valence-electron chi connectivity index (χ3n) is 6.50. The highest BCUT2D eigenvalue weighted by atomic mass is 16.6. The molecule has 0 fully saturated rings. The molecular formula is C29H28N4O5. The summed E-state index contributed by atoms with van der Waals surface area (Å²) in [5.74, 6) is 2.37. The monoisotopic (exact) mass is 512 g/mol. The Labute approximate surface area is 221 Å². The van der Waals surface area contributed by atoms with E-state index in [1.54, 1.807) is 14.2 Å². The zero-order valence-corrected chi connectivity index (χ0v) is 21.3. The van der Waals surface area contributed by atoms with Gasteiger partial charge in [0.05, 0.1) is 14.2 Å². The molecule has 0 bridgehead atoms. The third-order valence-corrected chi connectivity index (χ3v) is 6.50. The number of aromatic nitrogens is 2. The maximum atomic E-state index is 8.88. The molecule has 0 radical (unpaired) electrons. The average Bonchev–Trinajstić information content (AvgIpc) is 3.43. The second-order valence-corrected chi connectivity index (χ2v) is 8.88. The summed E-state index contributed by atoms with van der Waals surface area (Å²) >= 11 is 0. The molecule has 3 aromatic carbocycles. The zero-order chi connectivity index (χ0) is 26.3.